The van der Waals surface area contributed by atoms with Gasteiger partial charge in [0.2, 0.25) is 0 Å². The number of nitrogens with two attached hydrogens (primary N) is 1. The summed E-state index contributed by atoms with van der Waals surface area (Å²) in [6.07, 6.45) is 2.43. The molecule has 1 aromatic rings. The molecule has 0 atom stereocenters. The van der Waals surface area contributed by atoms with Crippen molar-refractivity contribution < 1.29 is 4.79 Å². The highest BCUT2D eigenvalue weighted by molar-refractivity contribution is 5.94. The zero-order valence-electron chi connectivity index (χ0n) is 10.1. The van der Waals surface area contributed by atoms with Crippen LogP contribution in [0.2, 0.25) is 0 Å². The Morgan fingerprint density at radius 2 is 2.31 bits per heavy atom. The van der Waals surface area contributed by atoms with Gasteiger partial charge in [-0.1, -0.05) is 13.8 Å². The zero-order chi connectivity index (χ0) is 12.2. The molecule has 1 heterocycles. The van der Waals surface area contributed by atoms with Crippen molar-refractivity contribution in [2.45, 2.75) is 27.2 Å². The lowest BCUT2D eigenvalue weighted by atomic mass is 9.89. The number of carbonyl (C=O) groups is 1. The topological polar surface area (TPSA) is 83.8 Å². The van der Waals surface area contributed by atoms with Gasteiger partial charge in [0.15, 0.2) is 0 Å². The molecule has 0 aliphatic heterocycles. The quantitative estimate of drug-likeness (QED) is 0.692. The van der Waals surface area contributed by atoms with Crippen LogP contribution in [0.15, 0.2) is 6.20 Å². The third kappa shape index (κ3) is 3.34. The Morgan fingerprint density at radius 1 is 1.62 bits per heavy atom. The van der Waals surface area contributed by atoms with E-state index in [4.69, 9.17) is 5.73 Å². The average Bonchev–Trinajstić information content (AvgIpc) is 2.61. The van der Waals surface area contributed by atoms with Gasteiger partial charge in [-0.25, -0.2) is 0 Å². The van der Waals surface area contributed by atoms with E-state index in [9.17, 15) is 4.79 Å². The van der Waals surface area contributed by atoms with Gasteiger partial charge in [0.05, 0.1) is 11.8 Å². The number of rotatable bonds is 5. The first-order valence-corrected chi connectivity index (χ1v) is 5.44. The molecule has 5 nitrogen and oxygen atoms in total. The average molecular weight is 224 g/mol. The van der Waals surface area contributed by atoms with Crippen LogP contribution in [0.4, 0.5) is 0 Å². The fraction of sp³-hybridized carbons (Fsp3) is 0.636. The summed E-state index contributed by atoms with van der Waals surface area (Å²) < 4.78 is 0. The van der Waals surface area contributed by atoms with Gasteiger partial charge >= 0.3 is 0 Å². The van der Waals surface area contributed by atoms with Crippen molar-refractivity contribution >= 4 is 5.91 Å². The first kappa shape index (κ1) is 12.7. The summed E-state index contributed by atoms with van der Waals surface area (Å²) in [5.41, 5.74) is 6.93. The second kappa shape index (κ2) is 5.12. The molecule has 90 valence electrons. The Morgan fingerprint density at radius 3 is 2.81 bits per heavy atom. The largest absolute Gasteiger partial charge is 0.351 e. The van der Waals surface area contributed by atoms with E-state index in [2.05, 4.69) is 29.4 Å². The molecule has 4 N–H and O–H groups in total. The number of aromatic amines is 1. The Hall–Kier alpha value is -1.36. The highest BCUT2D eigenvalue weighted by atomic mass is 16.1. The first-order valence-electron chi connectivity index (χ1n) is 5.44. The van der Waals surface area contributed by atoms with Crippen LogP contribution in [0, 0.1) is 12.3 Å². The number of amides is 1. The van der Waals surface area contributed by atoms with Crippen molar-refractivity contribution in [3.8, 4) is 0 Å². The number of nitrogens with one attached hydrogen (secondary N) is 2. The molecule has 0 bridgehead atoms. The van der Waals surface area contributed by atoms with E-state index < -0.39 is 0 Å². The molecule has 0 aliphatic rings. The lowest BCUT2D eigenvalue weighted by molar-refractivity contribution is 0.0934. The lowest BCUT2D eigenvalue weighted by Crippen LogP contribution is -2.35. The Labute approximate surface area is 95.8 Å². The third-order valence-electron chi connectivity index (χ3n) is 2.62. The maximum absolute atomic E-state index is 11.8. The minimum Gasteiger partial charge on any atom is -0.351 e. The lowest BCUT2D eigenvalue weighted by Gasteiger charge is -2.24. The Bertz CT molecular complexity index is 357. The second-order valence-corrected chi connectivity index (χ2v) is 4.79. The summed E-state index contributed by atoms with van der Waals surface area (Å²) in [6, 6.07) is 0. The number of carbonyl (C=O) groups excluding carboxylic acids is 1. The third-order valence-corrected chi connectivity index (χ3v) is 2.62. The van der Waals surface area contributed by atoms with Crippen LogP contribution >= 0.6 is 0 Å². The number of aromatic nitrogens is 2. The first-order chi connectivity index (χ1) is 7.46. The maximum atomic E-state index is 11.8. The summed E-state index contributed by atoms with van der Waals surface area (Å²) in [6.45, 7) is 7.25. The van der Waals surface area contributed by atoms with Crippen molar-refractivity contribution in [2.75, 3.05) is 13.1 Å². The van der Waals surface area contributed by atoms with E-state index in [0.29, 0.717) is 18.7 Å². The van der Waals surface area contributed by atoms with Crippen LogP contribution in [-0.4, -0.2) is 29.2 Å². The number of hydrogen-bond acceptors (Lipinski definition) is 3. The molecule has 0 fully saturated rings. The van der Waals surface area contributed by atoms with Gasteiger partial charge in [0.25, 0.3) is 5.91 Å². The van der Waals surface area contributed by atoms with Gasteiger partial charge in [-0.3, -0.25) is 9.89 Å². The van der Waals surface area contributed by atoms with Crippen LogP contribution < -0.4 is 11.1 Å². The van der Waals surface area contributed by atoms with Crippen LogP contribution in [0.25, 0.3) is 0 Å². The normalized spacial score (nSPS) is 11.5. The SMILES string of the molecule is Cc1[nH]ncc1C(=O)NCC(C)(C)CCN. The van der Waals surface area contributed by atoms with Gasteiger partial charge < -0.3 is 11.1 Å². The van der Waals surface area contributed by atoms with Gasteiger partial charge in [-0.2, -0.15) is 5.10 Å². The molecule has 0 unspecified atom stereocenters. The summed E-state index contributed by atoms with van der Waals surface area (Å²) >= 11 is 0. The van der Waals surface area contributed by atoms with Crippen molar-refractivity contribution in [2.24, 2.45) is 11.1 Å². The van der Waals surface area contributed by atoms with E-state index in [-0.39, 0.29) is 11.3 Å². The monoisotopic (exact) mass is 224 g/mol. The molecular formula is C11H20N4O. The highest BCUT2D eigenvalue weighted by Gasteiger charge is 2.19. The summed E-state index contributed by atoms with van der Waals surface area (Å²) in [7, 11) is 0. The second-order valence-electron chi connectivity index (χ2n) is 4.79. The van der Waals surface area contributed by atoms with Gasteiger partial charge in [-0.15, -0.1) is 0 Å². The molecule has 16 heavy (non-hydrogen) atoms. The van der Waals surface area contributed by atoms with E-state index in [1.807, 2.05) is 6.92 Å². The molecule has 1 rings (SSSR count). The van der Waals surface area contributed by atoms with E-state index >= 15 is 0 Å². The molecule has 1 aromatic heterocycles. The number of hydrogen-bond donors (Lipinski definition) is 3. The maximum Gasteiger partial charge on any atom is 0.254 e. The van der Waals surface area contributed by atoms with E-state index in [0.717, 1.165) is 12.1 Å². The Balaban J connectivity index is 2.51. The highest BCUT2D eigenvalue weighted by Crippen LogP contribution is 2.17. The molecule has 0 saturated heterocycles. The molecule has 0 aliphatic carbocycles. The Kier molecular flexibility index (Phi) is 4.06. The molecule has 0 saturated carbocycles. The van der Waals surface area contributed by atoms with Crippen molar-refractivity contribution in [1.29, 1.82) is 0 Å². The summed E-state index contributed by atoms with van der Waals surface area (Å²) in [4.78, 5) is 11.8. The number of H-pyrrole nitrogens is 1. The van der Waals surface area contributed by atoms with Crippen molar-refractivity contribution in [1.82, 2.24) is 15.5 Å². The van der Waals surface area contributed by atoms with E-state index in [1.54, 1.807) is 6.20 Å². The van der Waals surface area contributed by atoms with Crippen LogP contribution in [0.3, 0.4) is 0 Å². The standard InChI is InChI=1S/C11H20N4O/c1-8-9(6-14-15-8)10(16)13-7-11(2,3)4-5-12/h6H,4-5,7,12H2,1-3H3,(H,13,16)(H,14,15). The van der Waals surface area contributed by atoms with Crippen LogP contribution in [0.5, 0.6) is 0 Å². The summed E-state index contributed by atoms with van der Waals surface area (Å²) in [5, 5.41) is 9.46. The minimum absolute atomic E-state index is 0.0298. The van der Waals surface area contributed by atoms with Gasteiger partial charge in [-0.05, 0) is 25.3 Å². The van der Waals surface area contributed by atoms with Crippen molar-refractivity contribution in [3.05, 3.63) is 17.5 Å². The van der Waals surface area contributed by atoms with E-state index in [1.165, 1.54) is 0 Å². The molecule has 0 spiro atoms. The molecule has 5 heteroatoms. The molecule has 0 radical (unpaired) electrons. The van der Waals surface area contributed by atoms with Crippen molar-refractivity contribution in [3.63, 3.8) is 0 Å². The fourth-order valence-electron chi connectivity index (χ4n) is 1.47. The predicted octanol–water partition coefficient (Wildman–Crippen LogP) is 0.823. The predicted molar refractivity (Wildman–Crippen MR) is 63.1 cm³/mol. The minimum atomic E-state index is -0.0867. The molecule has 1 amide bonds. The smallest absolute Gasteiger partial charge is 0.254 e. The number of aryl methyl sites for hydroxylation is 1. The fourth-order valence-corrected chi connectivity index (χ4v) is 1.47. The molecule has 0 aromatic carbocycles. The van der Waals surface area contributed by atoms with Crippen LogP contribution in [-0.2, 0) is 0 Å². The van der Waals surface area contributed by atoms with Gasteiger partial charge in [0, 0.05) is 12.2 Å². The number of nitrogens with zero attached hydrogens (tertiary/aromatic N) is 1. The summed E-state index contributed by atoms with van der Waals surface area (Å²) in [5.74, 6) is -0.0867. The van der Waals surface area contributed by atoms with Gasteiger partial charge in [0.1, 0.15) is 0 Å². The molecular weight excluding hydrogens is 204 g/mol. The zero-order valence-corrected chi connectivity index (χ0v) is 10.1. The van der Waals surface area contributed by atoms with Crippen LogP contribution in [0.1, 0.15) is 36.3 Å².